The number of halogens is 1. The van der Waals surface area contributed by atoms with E-state index in [9.17, 15) is 0 Å². The third kappa shape index (κ3) is 2.09. The second kappa shape index (κ2) is 3.53. The first-order valence-electron chi connectivity index (χ1n) is 3.20. The minimum atomic E-state index is -0.276. The van der Waals surface area contributed by atoms with Crippen molar-refractivity contribution < 1.29 is 10.2 Å². The Morgan fingerprint density at radius 1 is 1.70 bits per heavy atom. The number of hydrogen-bond donors (Lipinski definition) is 3. The van der Waals surface area contributed by atoms with Crippen molar-refractivity contribution in [3.05, 3.63) is 0 Å². The second-order valence-electron chi connectivity index (χ2n) is 2.96. The van der Waals surface area contributed by atoms with Gasteiger partial charge in [0.05, 0.1) is 12.7 Å². The van der Waals surface area contributed by atoms with Crippen LogP contribution in [-0.4, -0.2) is 35.0 Å². The van der Waals surface area contributed by atoms with Gasteiger partial charge in [-0.1, -0.05) is 0 Å². The van der Waals surface area contributed by atoms with Crippen LogP contribution < -0.4 is 5.32 Å². The van der Waals surface area contributed by atoms with Crippen LogP contribution in [0.1, 0.15) is 13.3 Å². The highest BCUT2D eigenvalue weighted by Gasteiger charge is 2.32. The maximum atomic E-state index is 9.02. The lowest BCUT2D eigenvalue weighted by atomic mass is 10.0. The molecule has 0 saturated carbocycles. The monoisotopic (exact) mass is 167 g/mol. The van der Waals surface area contributed by atoms with E-state index in [0.717, 1.165) is 0 Å². The van der Waals surface area contributed by atoms with Gasteiger partial charge in [0.2, 0.25) is 0 Å². The van der Waals surface area contributed by atoms with Gasteiger partial charge in [0.1, 0.15) is 0 Å². The molecule has 0 aromatic carbocycles. The molecule has 0 aromatic heterocycles. The fraction of sp³-hybridized carbons (Fsp3) is 1.00. The Bertz CT molecular complexity index is 112. The van der Waals surface area contributed by atoms with Crippen molar-refractivity contribution in [1.29, 1.82) is 0 Å². The van der Waals surface area contributed by atoms with Crippen LogP contribution in [0.5, 0.6) is 0 Å². The van der Waals surface area contributed by atoms with Crippen molar-refractivity contribution in [3.8, 4) is 0 Å². The normalized spacial score (nSPS) is 39.3. The number of rotatable bonds is 1. The van der Waals surface area contributed by atoms with Crippen LogP contribution in [0.3, 0.4) is 0 Å². The summed E-state index contributed by atoms with van der Waals surface area (Å²) in [7, 11) is 0. The Hall–Kier alpha value is 0.170. The maximum absolute atomic E-state index is 9.02. The highest BCUT2D eigenvalue weighted by atomic mass is 35.5. The molecule has 0 aliphatic carbocycles. The van der Waals surface area contributed by atoms with E-state index < -0.39 is 0 Å². The summed E-state index contributed by atoms with van der Waals surface area (Å²) in [6.07, 6.45) is 0.380. The summed E-state index contributed by atoms with van der Waals surface area (Å²) in [6, 6.07) is 0. The molecule has 0 radical (unpaired) electrons. The molecule has 0 aromatic rings. The molecule has 0 bridgehead atoms. The van der Waals surface area contributed by atoms with Crippen molar-refractivity contribution in [2.75, 3.05) is 13.2 Å². The average molecular weight is 168 g/mol. The van der Waals surface area contributed by atoms with E-state index in [-0.39, 0.29) is 30.7 Å². The van der Waals surface area contributed by atoms with Gasteiger partial charge in [-0.15, -0.1) is 12.4 Å². The van der Waals surface area contributed by atoms with Gasteiger partial charge in [0.15, 0.2) is 0 Å². The van der Waals surface area contributed by atoms with Gasteiger partial charge in [-0.2, -0.15) is 0 Å². The Kier molecular flexibility index (Phi) is 3.59. The maximum Gasteiger partial charge on any atom is 0.0683 e. The lowest BCUT2D eigenvalue weighted by Gasteiger charge is -2.19. The van der Waals surface area contributed by atoms with Gasteiger partial charge in [-0.3, -0.25) is 0 Å². The van der Waals surface area contributed by atoms with Gasteiger partial charge in [-0.05, 0) is 13.3 Å². The van der Waals surface area contributed by atoms with Crippen LogP contribution in [0.4, 0.5) is 0 Å². The molecule has 10 heavy (non-hydrogen) atoms. The summed E-state index contributed by atoms with van der Waals surface area (Å²) in [5.74, 6) is 0. The fourth-order valence-electron chi connectivity index (χ4n) is 1.15. The molecule has 3 nitrogen and oxygen atoms in total. The molecule has 1 aliphatic heterocycles. The Labute approximate surface area is 66.8 Å². The van der Waals surface area contributed by atoms with Crippen LogP contribution in [0.15, 0.2) is 0 Å². The lowest BCUT2D eigenvalue weighted by molar-refractivity contribution is 0.156. The molecule has 0 unspecified atom stereocenters. The van der Waals surface area contributed by atoms with Crippen LogP contribution >= 0.6 is 12.4 Å². The predicted octanol–water partition coefficient (Wildman–Crippen LogP) is -0.487. The SMILES string of the molecule is C[C@@]1(CO)C[C@@H](O)CN1.Cl. The van der Waals surface area contributed by atoms with E-state index in [1.54, 1.807) is 0 Å². The van der Waals surface area contributed by atoms with E-state index in [4.69, 9.17) is 10.2 Å². The van der Waals surface area contributed by atoms with Crippen molar-refractivity contribution in [2.45, 2.75) is 25.0 Å². The minimum absolute atomic E-state index is 0. The minimum Gasteiger partial charge on any atom is -0.394 e. The van der Waals surface area contributed by atoms with E-state index in [0.29, 0.717) is 13.0 Å². The summed E-state index contributed by atoms with van der Waals surface area (Å²) < 4.78 is 0. The first-order chi connectivity index (χ1) is 4.16. The zero-order chi connectivity index (χ0) is 6.91. The molecule has 62 valence electrons. The number of β-amino-alcohol motifs (C(OH)–C–C–N with tert-alkyl or cyclic N) is 1. The lowest BCUT2D eigenvalue weighted by Crippen LogP contribution is -2.39. The summed E-state index contributed by atoms with van der Waals surface area (Å²) in [5, 5.41) is 20.8. The first kappa shape index (κ1) is 10.2. The predicted molar refractivity (Wildman–Crippen MR) is 41.4 cm³/mol. The fourth-order valence-corrected chi connectivity index (χ4v) is 1.15. The van der Waals surface area contributed by atoms with Gasteiger partial charge < -0.3 is 15.5 Å². The average Bonchev–Trinajstić information content (AvgIpc) is 2.13. The number of aliphatic hydroxyl groups is 2. The first-order valence-corrected chi connectivity index (χ1v) is 3.20. The largest absolute Gasteiger partial charge is 0.394 e. The Balaban J connectivity index is 0.000000810. The zero-order valence-electron chi connectivity index (χ0n) is 6.00. The van der Waals surface area contributed by atoms with Gasteiger partial charge in [0, 0.05) is 12.1 Å². The van der Waals surface area contributed by atoms with Crippen LogP contribution in [0.25, 0.3) is 0 Å². The van der Waals surface area contributed by atoms with Crippen LogP contribution in [0.2, 0.25) is 0 Å². The third-order valence-corrected chi connectivity index (χ3v) is 1.80. The molecule has 0 amide bonds. The molecular formula is C6H14ClNO2. The second-order valence-corrected chi connectivity index (χ2v) is 2.96. The van der Waals surface area contributed by atoms with Crippen LogP contribution in [-0.2, 0) is 0 Å². The highest BCUT2D eigenvalue weighted by molar-refractivity contribution is 5.85. The van der Waals surface area contributed by atoms with Crippen molar-refractivity contribution in [1.82, 2.24) is 5.32 Å². The van der Waals surface area contributed by atoms with Gasteiger partial charge >= 0.3 is 0 Å². The van der Waals surface area contributed by atoms with Gasteiger partial charge in [-0.25, -0.2) is 0 Å². The van der Waals surface area contributed by atoms with Crippen molar-refractivity contribution in [2.24, 2.45) is 0 Å². The summed E-state index contributed by atoms with van der Waals surface area (Å²) >= 11 is 0. The summed E-state index contributed by atoms with van der Waals surface area (Å²) in [6.45, 7) is 2.62. The number of hydrogen-bond acceptors (Lipinski definition) is 3. The highest BCUT2D eigenvalue weighted by Crippen LogP contribution is 2.17. The quantitative estimate of drug-likeness (QED) is 0.494. The van der Waals surface area contributed by atoms with E-state index >= 15 is 0 Å². The Morgan fingerprint density at radius 2 is 2.30 bits per heavy atom. The summed E-state index contributed by atoms with van der Waals surface area (Å²) in [4.78, 5) is 0. The molecule has 1 saturated heterocycles. The molecule has 1 rings (SSSR count). The number of nitrogens with one attached hydrogen (secondary N) is 1. The molecule has 3 N–H and O–H groups in total. The van der Waals surface area contributed by atoms with E-state index in [1.807, 2.05) is 6.92 Å². The number of aliphatic hydroxyl groups excluding tert-OH is 2. The molecule has 1 heterocycles. The van der Waals surface area contributed by atoms with Crippen molar-refractivity contribution >= 4 is 12.4 Å². The molecule has 2 atom stereocenters. The standard InChI is InChI=1S/C6H13NO2.ClH/c1-6(4-8)2-5(9)3-7-6;/h5,7-9H,2-4H2,1H3;1H/t5-,6+;/m1./s1. The van der Waals surface area contributed by atoms with E-state index in [1.165, 1.54) is 0 Å². The van der Waals surface area contributed by atoms with Gasteiger partial charge in [0.25, 0.3) is 0 Å². The Morgan fingerprint density at radius 3 is 2.50 bits per heavy atom. The molecular weight excluding hydrogens is 154 g/mol. The smallest absolute Gasteiger partial charge is 0.0683 e. The summed E-state index contributed by atoms with van der Waals surface area (Å²) in [5.41, 5.74) is -0.237. The molecule has 0 spiro atoms. The van der Waals surface area contributed by atoms with Crippen molar-refractivity contribution in [3.63, 3.8) is 0 Å². The van der Waals surface area contributed by atoms with E-state index in [2.05, 4.69) is 5.32 Å². The zero-order valence-corrected chi connectivity index (χ0v) is 6.82. The topological polar surface area (TPSA) is 52.5 Å². The molecule has 1 fully saturated rings. The molecule has 4 heteroatoms. The molecule has 1 aliphatic rings. The van der Waals surface area contributed by atoms with Crippen LogP contribution in [0, 0.1) is 0 Å². The third-order valence-electron chi connectivity index (χ3n) is 1.80.